The van der Waals surface area contributed by atoms with Crippen LogP contribution in [0.5, 0.6) is 0 Å². The molecule has 0 aromatic carbocycles. The molecule has 0 aliphatic carbocycles. The number of carboxylic acids is 1. The first kappa shape index (κ1) is 11.9. The molecule has 3 nitrogen and oxygen atoms in total. The summed E-state index contributed by atoms with van der Waals surface area (Å²) in [6.07, 6.45) is 3.76. The van der Waals surface area contributed by atoms with Gasteiger partial charge >= 0.3 is 5.97 Å². The molecule has 1 aromatic rings. The maximum atomic E-state index is 10.2. The van der Waals surface area contributed by atoms with Crippen molar-refractivity contribution in [3.63, 3.8) is 0 Å². The van der Waals surface area contributed by atoms with E-state index in [1.165, 1.54) is 4.88 Å². The van der Waals surface area contributed by atoms with Crippen LogP contribution in [0, 0.1) is 0 Å². The molecule has 1 rings (SSSR count). The Morgan fingerprint density at radius 1 is 1.73 bits per heavy atom. The normalized spacial score (nSPS) is 13.1. The number of thiophene rings is 1. The molecule has 15 heavy (non-hydrogen) atoms. The number of rotatable bonds is 6. The second kappa shape index (κ2) is 6.37. The summed E-state index contributed by atoms with van der Waals surface area (Å²) < 4.78 is 0. The first-order chi connectivity index (χ1) is 7.18. The summed E-state index contributed by atoms with van der Waals surface area (Å²) >= 11 is 1.74. The monoisotopic (exact) mass is 225 g/mol. The lowest BCUT2D eigenvalue weighted by atomic mass is 10.2. The molecule has 82 valence electrons. The second-order valence-electron chi connectivity index (χ2n) is 3.33. The lowest BCUT2D eigenvalue weighted by molar-refractivity contribution is -0.131. The molecule has 0 saturated carbocycles. The average molecular weight is 225 g/mol. The highest BCUT2D eigenvalue weighted by atomic mass is 32.1. The van der Waals surface area contributed by atoms with E-state index in [9.17, 15) is 4.79 Å². The van der Waals surface area contributed by atoms with Gasteiger partial charge in [-0.05, 0) is 24.8 Å². The van der Waals surface area contributed by atoms with Gasteiger partial charge in [0.05, 0.1) is 0 Å². The summed E-state index contributed by atoms with van der Waals surface area (Å²) in [6, 6.07) is 4.51. The van der Waals surface area contributed by atoms with Gasteiger partial charge in [0.25, 0.3) is 0 Å². The van der Waals surface area contributed by atoms with Crippen molar-refractivity contribution in [2.75, 3.05) is 6.54 Å². The highest BCUT2D eigenvalue weighted by molar-refractivity contribution is 7.09. The SMILES string of the molecule is CC(Cc1cccs1)NC/C=C/C(=O)O. The molecule has 0 spiro atoms. The van der Waals surface area contributed by atoms with E-state index >= 15 is 0 Å². The molecule has 2 N–H and O–H groups in total. The van der Waals surface area contributed by atoms with Crippen LogP contribution in [-0.4, -0.2) is 23.7 Å². The fraction of sp³-hybridized carbons (Fsp3) is 0.364. The smallest absolute Gasteiger partial charge is 0.328 e. The van der Waals surface area contributed by atoms with Gasteiger partial charge in [-0.15, -0.1) is 11.3 Å². The maximum Gasteiger partial charge on any atom is 0.328 e. The van der Waals surface area contributed by atoms with Gasteiger partial charge < -0.3 is 10.4 Å². The molecule has 1 atom stereocenters. The Bertz CT molecular complexity index is 319. The van der Waals surface area contributed by atoms with E-state index in [4.69, 9.17) is 5.11 Å². The zero-order valence-electron chi connectivity index (χ0n) is 8.64. The van der Waals surface area contributed by atoms with E-state index in [0.717, 1.165) is 12.5 Å². The topological polar surface area (TPSA) is 49.3 Å². The highest BCUT2D eigenvalue weighted by Crippen LogP contribution is 2.10. The highest BCUT2D eigenvalue weighted by Gasteiger charge is 2.01. The molecule has 0 bridgehead atoms. The predicted molar refractivity (Wildman–Crippen MR) is 62.3 cm³/mol. The van der Waals surface area contributed by atoms with E-state index in [-0.39, 0.29) is 0 Å². The Morgan fingerprint density at radius 3 is 3.13 bits per heavy atom. The Kier molecular flexibility index (Phi) is 5.07. The third-order valence-corrected chi connectivity index (χ3v) is 2.83. The van der Waals surface area contributed by atoms with Gasteiger partial charge in [0.2, 0.25) is 0 Å². The summed E-state index contributed by atoms with van der Waals surface area (Å²) in [7, 11) is 0. The summed E-state index contributed by atoms with van der Waals surface area (Å²) in [4.78, 5) is 11.5. The summed E-state index contributed by atoms with van der Waals surface area (Å²) in [5, 5.41) is 13.7. The minimum atomic E-state index is -0.900. The van der Waals surface area contributed by atoms with Gasteiger partial charge in [0, 0.05) is 23.5 Å². The zero-order valence-corrected chi connectivity index (χ0v) is 9.46. The van der Waals surface area contributed by atoms with Crippen LogP contribution in [0.2, 0.25) is 0 Å². The van der Waals surface area contributed by atoms with E-state index in [0.29, 0.717) is 12.6 Å². The molecule has 0 saturated heterocycles. The molecule has 0 aliphatic heterocycles. The maximum absolute atomic E-state index is 10.2. The third-order valence-electron chi connectivity index (χ3n) is 1.93. The van der Waals surface area contributed by atoms with Crippen LogP contribution < -0.4 is 5.32 Å². The van der Waals surface area contributed by atoms with Gasteiger partial charge in [-0.1, -0.05) is 12.1 Å². The fourth-order valence-corrected chi connectivity index (χ4v) is 2.07. The van der Waals surface area contributed by atoms with Crippen LogP contribution in [0.15, 0.2) is 29.7 Å². The van der Waals surface area contributed by atoms with Crippen molar-refractivity contribution in [2.24, 2.45) is 0 Å². The standard InChI is InChI=1S/C11H15NO2S/c1-9(8-10-4-3-7-15-10)12-6-2-5-11(13)14/h2-5,7,9,12H,6,8H2,1H3,(H,13,14)/b5-2+. The quantitative estimate of drug-likeness (QED) is 0.727. The van der Waals surface area contributed by atoms with Crippen molar-refractivity contribution in [2.45, 2.75) is 19.4 Å². The van der Waals surface area contributed by atoms with E-state index in [1.807, 2.05) is 6.07 Å². The van der Waals surface area contributed by atoms with Crippen LogP contribution in [0.25, 0.3) is 0 Å². The molecule has 0 fully saturated rings. The molecule has 4 heteroatoms. The van der Waals surface area contributed by atoms with E-state index < -0.39 is 5.97 Å². The van der Waals surface area contributed by atoms with Crippen molar-refractivity contribution in [1.82, 2.24) is 5.32 Å². The van der Waals surface area contributed by atoms with E-state index in [1.54, 1.807) is 17.4 Å². The Labute approximate surface area is 93.4 Å². The van der Waals surface area contributed by atoms with Gasteiger partial charge in [0.1, 0.15) is 0 Å². The number of nitrogens with one attached hydrogen (secondary N) is 1. The van der Waals surface area contributed by atoms with Gasteiger partial charge in [-0.3, -0.25) is 0 Å². The number of carbonyl (C=O) groups is 1. The fourth-order valence-electron chi connectivity index (χ4n) is 1.23. The summed E-state index contributed by atoms with van der Waals surface area (Å²) in [6.45, 7) is 2.69. The van der Waals surface area contributed by atoms with Gasteiger partial charge in [-0.25, -0.2) is 4.79 Å². The Balaban J connectivity index is 2.19. The molecule has 0 amide bonds. The number of hydrogen-bond donors (Lipinski definition) is 2. The van der Waals surface area contributed by atoms with Crippen molar-refractivity contribution in [3.05, 3.63) is 34.5 Å². The van der Waals surface area contributed by atoms with Gasteiger partial charge in [0.15, 0.2) is 0 Å². The van der Waals surface area contributed by atoms with Gasteiger partial charge in [-0.2, -0.15) is 0 Å². The molecule has 1 heterocycles. The van der Waals surface area contributed by atoms with Crippen molar-refractivity contribution in [1.29, 1.82) is 0 Å². The van der Waals surface area contributed by atoms with Crippen LogP contribution in [-0.2, 0) is 11.2 Å². The van der Waals surface area contributed by atoms with Crippen molar-refractivity contribution in [3.8, 4) is 0 Å². The molecule has 0 radical (unpaired) electrons. The zero-order chi connectivity index (χ0) is 11.1. The minimum Gasteiger partial charge on any atom is -0.478 e. The second-order valence-corrected chi connectivity index (χ2v) is 4.37. The molecule has 1 unspecified atom stereocenters. The minimum absolute atomic E-state index is 0.363. The lowest BCUT2D eigenvalue weighted by Crippen LogP contribution is -2.27. The van der Waals surface area contributed by atoms with Crippen LogP contribution >= 0.6 is 11.3 Å². The summed E-state index contributed by atoms with van der Waals surface area (Å²) in [5.41, 5.74) is 0. The Morgan fingerprint density at radius 2 is 2.53 bits per heavy atom. The van der Waals surface area contributed by atoms with Crippen molar-refractivity contribution < 1.29 is 9.90 Å². The number of carboxylic acid groups (broad SMARTS) is 1. The van der Waals surface area contributed by atoms with Crippen LogP contribution in [0.1, 0.15) is 11.8 Å². The first-order valence-corrected chi connectivity index (χ1v) is 5.71. The molecule has 0 aliphatic rings. The Hall–Kier alpha value is -1.13. The third kappa shape index (κ3) is 5.34. The average Bonchev–Trinajstić information content (AvgIpc) is 2.64. The number of hydrogen-bond acceptors (Lipinski definition) is 3. The predicted octanol–water partition coefficient (Wildman–Crippen LogP) is 1.91. The molecular weight excluding hydrogens is 210 g/mol. The van der Waals surface area contributed by atoms with Crippen LogP contribution in [0.3, 0.4) is 0 Å². The molecular formula is C11H15NO2S. The first-order valence-electron chi connectivity index (χ1n) is 4.83. The molecule has 1 aromatic heterocycles. The van der Waals surface area contributed by atoms with E-state index in [2.05, 4.69) is 23.7 Å². The van der Waals surface area contributed by atoms with Crippen molar-refractivity contribution >= 4 is 17.3 Å². The van der Waals surface area contributed by atoms with Crippen LogP contribution in [0.4, 0.5) is 0 Å². The summed E-state index contributed by atoms with van der Waals surface area (Å²) in [5.74, 6) is -0.900. The lowest BCUT2D eigenvalue weighted by Gasteiger charge is -2.10. The largest absolute Gasteiger partial charge is 0.478 e. The number of aliphatic carboxylic acids is 1.